The third kappa shape index (κ3) is 2.60. The SMILES string of the molecule is CCC(N)C(CO)n1cc(-c2ccccc2)cn1. The van der Waals surface area contributed by atoms with Crippen LogP contribution in [-0.2, 0) is 0 Å². The number of aliphatic hydroxyl groups is 1. The Kier molecular flexibility index (Phi) is 4.12. The van der Waals surface area contributed by atoms with E-state index in [0.717, 1.165) is 17.5 Å². The summed E-state index contributed by atoms with van der Waals surface area (Å²) in [7, 11) is 0. The normalized spacial score (nSPS) is 14.4. The minimum Gasteiger partial charge on any atom is -0.394 e. The van der Waals surface area contributed by atoms with Crippen LogP contribution >= 0.6 is 0 Å². The minimum atomic E-state index is -0.160. The van der Waals surface area contributed by atoms with Gasteiger partial charge >= 0.3 is 0 Å². The van der Waals surface area contributed by atoms with Crippen molar-refractivity contribution in [2.24, 2.45) is 5.73 Å². The van der Waals surface area contributed by atoms with Crippen LogP contribution in [0, 0.1) is 0 Å². The molecule has 0 aliphatic carbocycles. The molecule has 0 bridgehead atoms. The number of nitrogens with two attached hydrogens (primary N) is 1. The van der Waals surface area contributed by atoms with E-state index in [1.807, 2.05) is 43.5 Å². The topological polar surface area (TPSA) is 64.1 Å². The second kappa shape index (κ2) is 5.80. The second-order valence-corrected chi connectivity index (χ2v) is 4.40. The Bertz CT molecular complexity index is 481. The minimum absolute atomic E-state index is 0.00488. The van der Waals surface area contributed by atoms with Crippen LogP contribution in [0.25, 0.3) is 11.1 Å². The Balaban J connectivity index is 2.25. The number of benzene rings is 1. The molecule has 96 valence electrons. The quantitative estimate of drug-likeness (QED) is 0.844. The van der Waals surface area contributed by atoms with Crippen molar-refractivity contribution in [2.75, 3.05) is 6.61 Å². The van der Waals surface area contributed by atoms with Gasteiger partial charge in [-0.1, -0.05) is 37.3 Å². The van der Waals surface area contributed by atoms with Gasteiger partial charge < -0.3 is 10.8 Å². The highest BCUT2D eigenvalue weighted by atomic mass is 16.3. The summed E-state index contributed by atoms with van der Waals surface area (Å²) in [6.45, 7) is 2.01. The van der Waals surface area contributed by atoms with Crippen molar-refractivity contribution < 1.29 is 5.11 Å². The van der Waals surface area contributed by atoms with Gasteiger partial charge in [-0.25, -0.2) is 0 Å². The molecule has 2 atom stereocenters. The molecule has 3 N–H and O–H groups in total. The zero-order valence-corrected chi connectivity index (χ0v) is 10.5. The number of aliphatic hydroxyl groups excluding tert-OH is 1. The fourth-order valence-electron chi connectivity index (χ4n) is 1.99. The molecular weight excluding hydrogens is 226 g/mol. The lowest BCUT2D eigenvalue weighted by atomic mass is 10.1. The van der Waals surface area contributed by atoms with Crippen molar-refractivity contribution >= 4 is 0 Å². The molecular formula is C14H19N3O. The standard InChI is InChI=1S/C14H19N3O/c1-2-13(15)14(10-18)17-9-12(8-16-17)11-6-4-3-5-7-11/h3-9,13-14,18H,2,10,15H2,1H3. The predicted octanol–water partition coefficient (Wildman–Crippen LogP) is 1.82. The molecule has 4 heteroatoms. The van der Waals surface area contributed by atoms with Crippen LogP contribution in [0.1, 0.15) is 19.4 Å². The lowest BCUT2D eigenvalue weighted by molar-refractivity contribution is 0.194. The molecule has 1 aromatic heterocycles. The van der Waals surface area contributed by atoms with Crippen molar-refractivity contribution in [3.63, 3.8) is 0 Å². The molecule has 0 spiro atoms. The fourth-order valence-corrected chi connectivity index (χ4v) is 1.99. The highest BCUT2D eigenvalue weighted by Crippen LogP contribution is 2.20. The van der Waals surface area contributed by atoms with Gasteiger partial charge in [-0.05, 0) is 12.0 Å². The van der Waals surface area contributed by atoms with E-state index >= 15 is 0 Å². The molecule has 0 aliphatic rings. The summed E-state index contributed by atoms with van der Waals surface area (Å²) in [5, 5.41) is 13.7. The number of rotatable bonds is 5. The van der Waals surface area contributed by atoms with Gasteiger partial charge in [0.25, 0.3) is 0 Å². The Morgan fingerprint density at radius 3 is 2.61 bits per heavy atom. The van der Waals surface area contributed by atoms with Crippen molar-refractivity contribution in [2.45, 2.75) is 25.4 Å². The maximum atomic E-state index is 9.42. The number of hydrogen-bond acceptors (Lipinski definition) is 3. The van der Waals surface area contributed by atoms with Gasteiger partial charge in [-0.15, -0.1) is 0 Å². The monoisotopic (exact) mass is 245 g/mol. The first-order chi connectivity index (χ1) is 8.76. The molecule has 18 heavy (non-hydrogen) atoms. The largest absolute Gasteiger partial charge is 0.394 e. The molecule has 0 saturated carbocycles. The van der Waals surface area contributed by atoms with Gasteiger partial charge in [0.15, 0.2) is 0 Å². The summed E-state index contributed by atoms with van der Waals surface area (Å²) < 4.78 is 1.76. The van der Waals surface area contributed by atoms with Crippen LogP contribution < -0.4 is 5.73 Å². The molecule has 4 nitrogen and oxygen atoms in total. The first kappa shape index (κ1) is 12.8. The van der Waals surface area contributed by atoms with Crippen LogP contribution in [-0.4, -0.2) is 27.5 Å². The Hall–Kier alpha value is -1.65. The lowest BCUT2D eigenvalue weighted by Gasteiger charge is -2.20. The zero-order chi connectivity index (χ0) is 13.0. The van der Waals surface area contributed by atoms with Crippen LogP contribution in [0.15, 0.2) is 42.7 Å². The lowest BCUT2D eigenvalue weighted by Crippen LogP contribution is -2.34. The van der Waals surface area contributed by atoms with E-state index in [1.165, 1.54) is 0 Å². The molecule has 0 amide bonds. The molecule has 2 unspecified atom stereocenters. The first-order valence-corrected chi connectivity index (χ1v) is 6.22. The van der Waals surface area contributed by atoms with Crippen LogP contribution in [0.3, 0.4) is 0 Å². The summed E-state index contributed by atoms with van der Waals surface area (Å²) in [4.78, 5) is 0. The van der Waals surface area contributed by atoms with E-state index in [0.29, 0.717) is 0 Å². The smallest absolute Gasteiger partial charge is 0.0900 e. The van der Waals surface area contributed by atoms with E-state index in [4.69, 9.17) is 5.73 Å². The molecule has 1 heterocycles. The van der Waals surface area contributed by atoms with Crippen LogP contribution in [0.2, 0.25) is 0 Å². The van der Waals surface area contributed by atoms with Crippen LogP contribution in [0.4, 0.5) is 0 Å². The van der Waals surface area contributed by atoms with Gasteiger partial charge in [0.05, 0.1) is 18.8 Å². The van der Waals surface area contributed by atoms with Gasteiger partial charge in [-0.2, -0.15) is 5.10 Å². The van der Waals surface area contributed by atoms with Gasteiger partial charge in [-0.3, -0.25) is 4.68 Å². The summed E-state index contributed by atoms with van der Waals surface area (Å²) in [6, 6.07) is 9.80. The third-order valence-electron chi connectivity index (χ3n) is 3.20. The maximum Gasteiger partial charge on any atom is 0.0900 e. The second-order valence-electron chi connectivity index (χ2n) is 4.40. The summed E-state index contributed by atoms with van der Waals surface area (Å²) in [6.07, 6.45) is 4.55. The average Bonchev–Trinajstić information content (AvgIpc) is 2.90. The average molecular weight is 245 g/mol. The third-order valence-corrected chi connectivity index (χ3v) is 3.20. The van der Waals surface area contributed by atoms with Gasteiger partial charge in [0.2, 0.25) is 0 Å². The number of hydrogen-bond donors (Lipinski definition) is 2. The molecule has 2 rings (SSSR count). The van der Waals surface area contributed by atoms with E-state index in [-0.39, 0.29) is 18.7 Å². The number of nitrogens with zero attached hydrogens (tertiary/aromatic N) is 2. The highest BCUT2D eigenvalue weighted by Gasteiger charge is 2.18. The van der Waals surface area contributed by atoms with Crippen molar-refractivity contribution in [1.29, 1.82) is 0 Å². The van der Waals surface area contributed by atoms with E-state index in [9.17, 15) is 5.11 Å². The molecule has 0 aliphatic heterocycles. The summed E-state index contributed by atoms with van der Waals surface area (Å²) in [5.41, 5.74) is 8.14. The molecule has 0 saturated heterocycles. The molecule has 2 aromatic rings. The fraction of sp³-hybridized carbons (Fsp3) is 0.357. The highest BCUT2D eigenvalue weighted by molar-refractivity contribution is 5.61. The summed E-state index contributed by atoms with van der Waals surface area (Å²) in [5.74, 6) is 0. The van der Waals surface area contributed by atoms with Crippen LogP contribution in [0.5, 0.6) is 0 Å². The van der Waals surface area contributed by atoms with Gasteiger partial charge in [0.1, 0.15) is 0 Å². The van der Waals surface area contributed by atoms with E-state index in [1.54, 1.807) is 10.9 Å². The molecule has 0 radical (unpaired) electrons. The summed E-state index contributed by atoms with van der Waals surface area (Å²) >= 11 is 0. The Morgan fingerprint density at radius 2 is 2.00 bits per heavy atom. The number of aromatic nitrogens is 2. The first-order valence-electron chi connectivity index (χ1n) is 6.22. The Labute approximate surface area is 107 Å². The van der Waals surface area contributed by atoms with E-state index < -0.39 is 0 Å². The van der Waals surface area contributed by atoms with Crippen molar-refractivity contribution in [3.05, 3.63) is 42.7 Å². The van der Waals surface area contributed by atoms with E-state index in [2.05, 4.69) is 5.10 Å². The zero-order valence-electron chi connectivity index (χ0n) is 10.5. The van der Waals surface area contributed by atoms with Crippen molar-refractivity contribution in [1.82, 2.24) is 9.78 Å². The predicted molar refractivity (Wildman–Crippen MR) is 72.1 cm³/mol. The molecule has 0 fully saturated rings. The Morgan fingerprint density at radius 1 is 1.28 bits per heavy atom. The van der Waals surface area contributed by atoms with Gasteiger partial charge in [0, 0.05) is 17.8 Å². The molecule has 1 aromatic carbocycles. The maximum absolute atomic E-state index is 9.42. The van der Waals surface area contributed by atoms with Crippen molar-refractivity contribution in [3.8, 4) is 11.1 Å².